The highest BCUT2D eigenvalue weighted by atomic mass is 16.6. The van der Waals surface area contributed by atoms with Crippen LogP contribution in [0.15, 0.2) is 12.2 Å². The summed E-state index contributed by atoms with van der Waals surface area (Å²) in [5, 5.41) is 9.42. The number of esters is 1. The maximum atomic E-state index is 11.2. The standard InChI is InChI=1S/C15H24O4/c1-11(2)13(5-4-12(3)17)6-8-15(10-16)9-7-14(18)19-15/h6,8,11,13,16H,4-5,7,9-10H2,1-3H3/b8-6+. The highest BCUT2D eigenvalue weighted by Crippen LogP contribution is 2.29. The summed E-state index contributed by atoms with van der Waals surface area (Å²) in [6.07, 6.45) is 6.02. The fourth-order valence-electron chi connectivity index (χ4n) is 2.24. The van der Waals surface area contributed by atoms with Crippen LogP contribution in [0.5, 0.6) is 0 Å². The molecule has 0 amide bonds. The number of aliphatic hydroxyl groups excluding tert-OH is 1. The molecule has 1 saturated heterocycles. The summed E-state index contributed by atoms with van der Waals surface area (Å²) in [7, 11) is 0. The first kappa shape index (κ1) is 15.9. The van der Waals surface area contributed by atoms with Gasteiger partial charge in [0.2, 0.25) is 0 Å². The maximum Gasteiger partial charge on any atom is 0.306 e. The van der Waals surface area contributed by atoms with Crippen LogP contribution in [0.1, 0.15) is 46.5 Å². The Labute approximate surface area is 114 Å². The van der Waals surface area contributed by atoms with Crippen LogP contribution in [-0.4, -0.2) is 29.1 Å². The molecular formula is C15H24O4. The summed E-state index contributed by atoms with van der Waals surface area (Å²) < 4.78 is 5.21. The molecular weight excluding hydrogens is 244 g/mol. The minimum Gasteiger partial charge on any atom is -0.452 e. The van der Waals surface area contributed by atoms with Gasteiger partial charge in [0.15, 0.2) is 5.60 Å². The number of carbonyl (C=O) groups is 2. The minimum absolute atomic E-state index is 0.184. The number of hydrogen-bond donors (Lipinski definition) is 1. The first-order valence-electron chi connectivity index (χ1n) is 6.90. The Kier molecular flexibility index (Phi) is 5.73. The smallest absolute Gasteiger partial charge is 0.306 e. The van der Waals surface area contributed by atoms with Gasteiger partial charge in [-0.25, -0.2) is 0 Å². The van der Waals surface area contributed by atoms with Gasteiger partial charge in [0.05, 0.1) is 6.61 Å². The summed E-state index contributed by atoms with van der Waals surface area (Å²) in [6.45, 7) is 5.60. The second kappa shape index (κ2) is 6.85. The monoisotopic (exact) mass is 268 g/mol. The predicted octanol–water partition coefficient (Wildman–Crippen LogP) is 2.25. The van der Waals surface area contributed by atoms with Gasteiger partial charge >= 0.3 is 5.97 Å². The van der Waals surface area contributed by atoms with Crippen molar-refractivity contribution in [3.8, 4) is 0 Å². The number of carbonyl (C=O) groups excluding carboxylic acids is 2. The molecule has 1 fully saturated rings. The molecule has 4 nitrogen and oxygen atoms in total. The predicted molar refractivity (Wildman–Crippen MR) is 72.5 cm³/mol. The number of Topliss-reactive ketones (excluding diaryl/α,β-unsaturated/α-hetero) is 1. The molecule has 2 atom stereocenters. The molecule has 1 rings (SSSR count). The molecule has 0 spiro atoms. The average Bonchev–Trinajstić information content (AvgIpc) is 2.71. The number of cyclic esters (lactones) is 1. The quantitative estimate of drug-likeness (QED) is 0.568. The van der Waals surface area contributed by atoms with Crippen LogP contribution in [0.3, 0.4) is 0 Å². The number of ketones is 1. The molecule has 4 heteroatoms. The SMILES string of the molecule is CC(=O)CCC(/C=C/C1(CO)CCC(=O)O1)C(C)C. The zero-order chi connectivity index (χ0) is 14.5. The first-order chi connectivity index (χ1) is 8.88. The molecule has 108 valence electrons. The Morgan fingerprint density at radius 2 is 2.21 bits per heavy atom. The zero-order valence-corrected chi connectivity index (χ0v) is 12.0. The number of aliphatic hydroxyl groups is 1. The van der Waals surface area contributed by atoms with Crippen LogP contribution < -0.4 is 0 Å². The van der Waals surface area contributed by atoms with E-state index in [1.807, 2.05) is 12.2 Å². The lowest BCUT2D eigenvalue weighted by Crippen LogP contribution is -2.30. The second-order valence-corrected chi connectivity index (χ2v) is 5.70. The Bertz CT molecular complexity index is 359. The Morgan fingerprint density at radius 3 is 2.63 bits per heavy atom. The minimum atomic E-state index is -0.847. The molecule has 1 aliphatic rings. The molecule has 0 aromatic rings. The lowest BCUT2D eigenvalue weighted by Gasteiger charge is -2.23. The summed E-state index contributed by atoms with van der Waals surface area (Å²) in [5.41, 5.74) is -0.847. The normalized spacial score (nSPS) is 25.0. The van der Waals surface area contributed by atoms with Gasteiger partial charge in [0.1, 0.15) is 5.78 Å². The van der Waals surface area contributed by atoms with E-state index in [1.165, 1.54) is 0 Å². The van der Waals surface area contributed by atoms with E-state index in [0.29, 0.717) is 25.2 Å². The third-order valence-electron chi connectivity index (χ3n) is 3.67. The van der Waals surface area contributed by atoms with Crippen molar-refractivity contribution in [2.45, 2.75) is 52.1 Å². The lowest BCUT2D eigenvalue weighted by molar-refractivity contribution is -0.147. The van der Waals surface area contributed by atoms with Gasteiger partial charge in [-0.1, -0.05) is 19.9 Å². The molecule has 0 aromatic heterocycles. The van der Waals surface area contributed by atoms with E-state index in [-0.39, 0.29) is 24.3 Å². The molecule has 0 bridgehead atoms. The van der Waals surface area contributed by atoms with E-state index in [4.69, 9.17) is 4.74 Å². The van der Waals surface area contributed by atoms with Crippen LogP contribution in [0.25, 0.3) is 0 Å². The van der Waals surface area contributed by atoms with Gasteiger partial charge in [0.25, 0.3) is 0 Å². The topological polar surface area (TPSA) is 63.6 Å². The molecule has 2 unspecified atom stereocenters. The Hall–Kier alpha value is -1.16. The largest absolute Gasteiger partial charge is 0.452 e. The first-order valence-corrected chi connectivity index (χ1v) is 6.90. The molecule has 0 aromatic carbocycles. The molecule has 1 N–H and O–H groups in total. The highest BCUT2D eigenvalue weighted by molar-refractivity contribution is 5.75. The van der Waals surface area contributed by atoms with Crippen molar-refractivity contribution < 1.29 is 19.4 Å². The lowest BCUT2D eigenvalue weighted by atomic mass is 9.88. The van der Waals surface area contributed by atoms with Crippen LogP contribution >= 0.6 is 0 Å². The number of ether oxygens (including phenoxy) is 1. The van der Waals surface area contributed by atoms with Gasteiger partial charge in [-0.3, -0.25) is 4.79 Å². The van der Waals surface area contributed by atoms with Gasteiger partial charge in [-0.2, -0.15) is 0 Å². The van der Waals surface area contributed by atoms with E-state index in [9.17, 15) is 14.7 Å². The number of rotatable bonds is 7. The Morgan fingerprint density at radius 1 is 1.53 bits per heavy atom. The summed E-state index contributed by atoms with van der Waals surface area (Å²) in [4.78, 5) is 22.3. The van der Waals surface area contributed by atoms with E-state index in [1.54, 1.807) is 6.92 Å². The van der Waals surface area contributed by atoms with Crippen LogP contribution in [-0.2, 0) is 14.3 Å². The van der Waals surface area contributed by atoms with Crippen molar-refractivity contribution in [1.82, 2.24) is 0 Å². The highest BCUT2D eigenvalue weighted by Gasteiger charge is 2.37. The van der Waals surface area contributed by atoms with Crippen molar-refractivity contribution in [1.29, 1.82) is 0 Å². The molecule has 0 radical (unpaired) electrons. The van der Waals surface area contributed by atoms with Crippen molar-refractivity contribution in [2.24, 2.45) is 11.8 Å². The molecule has 0 saturated carbocycles. The fraction of sp³-hybridized carbons (Fsp3) is 0.733. The molecule has 1 heterocycles. The van der Waals surface area contributed by atoms with Crippen LogP contribution in [0.2, 0.25) is 0 Å². The number of hydrogen-bond acceptors (Lipinski definition) is 4. The molecule has 0 aliphatic carbocycles. The Balaban J connectivity index is 2.68. The summed E-state index contributed by atoms with van der Waals surface area (Å²) in [5.74, 6) is 0.585. The van der Waals surface area contributed by atoms with E-state index in [0.717, 1.165) is 6.42 Å². The van der Waals surface area contributed by atoms with Crippen LogP contribution in [0, 0.1) is 11.8 Å². The second-order valence-electron chi connectivity index (χ2n) is 5.70. The van der Waals surface area contributed by atoms with Crippen LogP contribution in [0.4, 0.5) is 0 Å². The zero-order valence-electron chi connectivity index (χ0n) is 12.0. The van der Waals surface area contributed by atoms with E-state index < -0.39 is 5.60 Å². The van der Waals surface area contributed by atoms with Crippen molar-refractivity contribution in [3.05, 3.63) is 12.2 Å². The molecule has 19 heavy (non-hydrogen) atoms. The van der Waals surface area contributed by atoms with E-state index in [2.05, 4.69) is 13.8 Å². The third kappa shape index (κ3) is 4.78. The maximum absolute atomic E-state index is 11.2. The average molecular weight is 268 g/mol. The third-order valence-corrected chi connectivity index (χ3v) is 3.67. The van der Waals surface area contributed by atoms with Crippen molar-refractivity contribution in [2.75, 3.05) is 6.61 Å². The van der Waals surface area contributed by atoms with Gasteiger partial charge in [-0.05, 0) is 31.3 Å². The van der Waals surface area contributed by atoms with Gasteiger partial charge < -0.3 is 14.6 Å². The summed E-state index contributed by atoms with van der Waals surface area (Å²) in [6, 6.07) is 0. The van der Waals surface area contributed by atoms with Crippen molar-refractivity contribution >= 4 is 11.8 Å². The summed E-state index contributed by atoms with van der Waals surface area (Å²) >= 11 is 0. The van der Waals surface area contributed by atoms with Crippen molar-refractivity contribution in [3.63, 3.8) is 0 Å². The molecule has 1 aliphatic heterocycles. The van der Waals surface area contributed by atoms with Gasteiger partial charge in [0, 0.05) is 19.3 Å². The van der Waals surface area contributed by atoms with Gasteiger partial charge in [-0.15, -0.1) is 0 Å². The fourth-order valence-corrected chi connectivity index (χ4v) is 2.24. The number of allylic oxidation sites excluding steroid dienone is 1. The van der Waals surface area contributed by atoms with E-state index >= 15 is 0 Å².